The molecule has 17 heavy (non-hydrogen) atoms. The number of nitrogens with one attached hydrogen (secondary N) is 1. The van der Waals surface area contributed by atoms with Gasteiger partial charge in [0.05, 0.1) is 18.4 Å². The average Bonchev–Trinajstić information content (AvgIpc) is 2.29. The quantitative estimate of drug-likeness (QED) is 0.512. The Morgan fingerprint density at radius 1 is 1.47 bits per heavy atom. The van der Waals surface area contributed by atoms with Crippen LogP contribution in [0, 0.1) is 5.82 Å². The number of aliphatic hydroxyl groups is 2. The van der Waals surface area contributed by atoms with Gasteiger partial charge in [-0.05, 0) is 12.1 Å². The third kappa shape index (κ3) is 3.37. The maximum atomic E-state index is 13.1. The fourth-order valence-electron chi connectivity index (χ4n) is 1.10. The maximum Gasteiger partial charge on any atom is 0.242 e. The molecule has 0 heterocycles. The minimum atomic E-state index is -4.00. The number of hydrogen-bond donors (Lipinski definition) is 4. The van der Waals surface area contributed by atoms with Crippen LogP contribution in [0.4, 0.5) is 10.1 Å². The molecular weight excluding hydrogens is 251 g/mol. The van der Waals surface area contributed by atoms with Gasteiger partial charge in [-0.3, -0.25) is 0 Å². The van der Waals surface area contributed by atoms with Crippen LogP contribution >= 0.6 is 0 Å². The van der Waals surface area contributed by atoms with Crippen LogP contribution in [0.1, 0.15) is 0 Å². The molecule has 0 aliphatic heterocycles. The molecule has 0 spiro atoms. The third-order valence-electron chi connectivity index (χ3n) is 2.02. The molecule has 0 aromatic heterocycles. The summed E-state index contributed by atoms with van der Waals surface area (Å²) in [5, 5.41) is 17.5. The second-order valence-corrected chi connectivity index (χ2v) is 5.08. The normalized spacial score (nSPS) is 13.6. The summed E-state index contributed by atoms with van der Waals surface area (Å²) in [7, 11) is -4.00. The van der Waals surface area contributed by atoms with E-state index in [0.717, 1.165) is 12.1 Å². The van der Waals surface area contributed by atoms with E-state index >= 15 is 0 Å². The molecule has 1 aromatic carbocycles. The molecule has 0 bridgehead atoms. The van der Waals surface area contributed by atoms with Gasteiger partial charge in [-0.2, -0.15) is 0 Å². The molecule has 1 rings (SSSR count). The van der Waals surface area contributed by atoms with E-state index in [1.165, 1.54) is 6.07 Å². The van der Waals surface area contributed by atoms with E-state index in [4.69, 9.17) is 15.9 Å². The molecule has 0 saturated carbocycles. The van der Waals surface area contributed by atoms with Crippen LogP contribution in [0.3, 0.4) is 0 Å². The first-order chi connectivity index (χ1) is 7.88. The maximum absolute atomic E-state index is 13.1. The van der Waals surface area contributed by atoms with Gasteiger partial charge < -0.3 is 15.9 Å². The number of aliphatic hydroxyl groups excluding tert-OH is 2. The zero-order chi connectivity index (χ0) is 13.1. The van der Waals surface area contributed by atoms with Crippen LogP contribution in [0.15, 0.2) is 23.1 Å². The number of benzene rings is 1. The molecule has 0 saturated heterocycles. The van der Waals surface area contributed by atoms with E-state index in [2.05, 4.69) is 0 Å². The number of sulfonamides is 1. The first kappa shape index (κ1) is 13.8. The van der Waals surface area contributed by atoms with Crippen LogP contribution in [-0.2, 0) is 10.0 Å². The lowest BCUT2D eigenvalue weighted by Crippen LogP contribution is -2.34. The molecule has 1 aromatic rings. The Balaban J connectivity index is 2.94. The summed E-state index contributed by atoms with van der Waals surface area (Å²) in [4.78, 5) is -0.400. The van der Waals surface area contributed by atoms with Gasteiger partial charge in [0.1, 0.15) is 10.7 Å². The minimum absolute atomic E-state index is 0.380. The smallest absolute Gasteiger partial charge is 0.242 e. The van der Waals surface area contributed by atoms with Crippen molar-refractivity contribution < 1.29 is 23.0 Å². The van der Waals surface area contributed by atoms with Gasteiger partial charge >= 0.3 is 0 Å². The molecule has 1 unspecified atom stereocenters. The van der Waals surface area contributed by atoms with E-state index in [1.54, 1.807) is 0 Å². The standard InChI is InChI=1S/C9H13FN2O4S/c10-7-2-1-3-8(9(7)11)17(15,16)12-4-6(14)5-13/h1-3,6,12-14H,4-5,11H2. The number of nitrogens with two attached hydrogens (primary N) is 1. The fourth-order valence-corrected chi connectivity index (χ4v) is 2.31. The fraction of sp³-hybridized carbons (Fsp3) is 0.333. The van der Waals surface area contributed by atoms with Crippen molar-refractivity contribution in [1.82, 2.24) is 4.72 Å². The van der Waals surface area contributed by atoms with E-state index < -0.39 is 39.1 Å². The highest BCUT2D eigenvalue weighted by Crippen LogP contribution is 2.20. The molecule has 0 amide bonds. The zero-order valence-electron chi connectivity index (χ0n) is 8.80. The highest BCUT2D eigenvalue weighted by molar-refractivity contribution is 7.89. The number of halogens is 1. The van der Waals surface area contributed by atoms with Crippen molar-refractivity contribution in [2.75, 3.05) is 18.9 Å². The second-order valence-electron chi connectivity index (χ2n) is 3.34. The average molecular weight is 264 g/mol. The number of nitrogen functional groups attached to an aromatic ring is 1. The summed E-state index contributed by atoms with van der Waals surface area (Å²) in [6.45, 7) is -0.962. The monoisotopic (exact) mass is 264 g/mol. The molecule has 8 heteroatoms. The van der Waals surface area contributed by atoms with Crippen LogP contribution in [0.25, 0.3) is 0 Å². The molecule has 0 fully saturated rings. The summed E-state index contributed by atoms with van der Waals surface area (Å²) >= 11 is 0. The van der Waals surface area contributed by atoms with Gasteiger partial charge in [0.15, 0.2) is 0 Å². The van der Waals surface area contributed by atoms with Crippen molar-refractivity contribution in [2.24, 2.45) is 0 Å². The first-order valence-corrected chi connectivity index (χ1v) is 6.19. The molecule has 0 aliphatic rings. The first-order valence-electron chi connectivity index (χ1n) is 4.71. The second kappa shape index (κ2) is 5.41. The van der Waals surface area contributed by atoms with Gasteiger partial charge in [0, 0.05) is 6.54 Å². The largest absolute Gasteiger partial charge is 0.395 e. The lowest BCUT2D eigenvalue weighted by molar-refractivity contribution is 0.0988. The predicted octanol–water partition coefficient (Wildman–Crippen LogP) is -0.961. The highest BCUT2D eigenvalue weighted by atomic mass is 32.2. The Bertz CT molecular complexity index is 492. The van der Waals surface area contributed by atoms with Crippen LogP contribution in [-0.4, -0.2) is 37.9 Å². The van der Waals surface area contributed by atoms with Gasteiger partial charge in [0.2, 0.25) is 10.0 Å². The molecule has 0 radical (unpaired) electrons. The summed E-state index contributed by atoms with van der Waals surface area (Å²) in [5.41, 5.74) is 4.81. The van der Waals surface area contributed by atoms with Gasteiger partial charge in [-0.25, -0.2) is 17.5 Å². The summed E-state index contributed by atoms with van der Waals surface area (Å²) in [6, 6.07) is 3.39. The molecule has 96 valence electrons. The number of hydrogen-bond acceptors (Lipinski definition) is 5. The number of anilines is 1. The minimum Gasteiger partial charge on any atom is -0.395 e. The van der Waals surface area contributed by atoms with Crippen molar-refractivity contribution in [2.45, 2.75) is 11.0 Å². The summed E-state index contributed by atoms with van der Waals surface area (Å²) in [5.74, 6) is -0.837. The van der Waals surface area contributed by atoms with Crippen molar-refractivity contribution in [3.8, 4) is 0 Å². The summed E-state index contributed by atoms with van der Waals surface area (Å²) in [6.07, 6.45) is -1.22. The Labute approximate surface area is 97.9 Å². The SMILES string of the molecule is Nc1c(F)cccc1S(=O)(=O)NCC(O)CO. The molecule has 5 N–H and O–H groups in total. The van der Waals surface area contributed by atoms with E-state index in [9.17, 15) is 12.8 Å². The van der Waals surface area contributed by atoms with Gasteiger partial charge in [0.25, 0.3) is 0 Å². The predicted molar refractivity (Wildman–Crippen MR) is 59.1 cm³/mol. The molecular formula is C9H13FN2O4S. The van der Waals surface area contributed by atoms with Crippen molar-refractivity contribution in [1.29, 1.82) is 0 Å². The Hall–Kier alpha value is -1.22. The van der Waals surface area contributed by atoms with E-state index in [1.807, 2.05) is 4.72 Å². The highest BCUT2D eigenvalue weighted by Gasteiger charge is 2.20. The lowest BCUT2D eigenvalue weighted by atomic mass is 10.3. The van der Waals surface area contributed by atoms with E-state index in [-0.39, 0.29) is 6.54 Å². The van der Waals surface area contributed by atoms with E-state index in [0.29, 0.717) is 0 Å². The topological polar surface area (TPSA) is 113 Å². The molecule has 6 nitrogen and oxygen atoms in total. The lowest BCUT2D eigenvalue weighted by Gasteiger charge is -2.11. The zero-order valence-corrected chi connectivity index (χ0v) is 9.61. The molecule has 1 atom stereocenters. The van der Waals surface area contributed by atoms with Crippen molar-refractivity contribution in [3.05, 3.63) is 24.0 Å². The Morgan fingerprint density at radius 3 is 2.71 bits per heavy atom. The molecule has 0 aliphatic carbocycles. The Kier molecular flexibility index (Phi) is 4.40. The van der Waals surface area contributed by atoms with Crippen molar-refractivity contribution in [3.63, 3.8) is 0 Å². The summed E-state index contributed by atoms with van der Waals surface area (Å²) < 4.78 is 38.4. The van der Waals surface area contributed by atoms with Crippen LogP contribution in [0.5, 0.6) is 0 Å². The Morgan fingerprint density at radius 2 is 2.12 bits per heavy atom. The number of rotatable bonds is 5. The van der Waals surface area contributed by atoms with Gasteiger partial charge in [-0.15, -0.1) is 0 Å². The van der Waals surface area contributed by atoms with Crippen molar-refractivity contribution >= 4 is 15.7 Å². The number of para-hydroxylation sites is 1. The van der Waals surface area contributed by atoms with Gasteiger partial charge in [-0.1, -0.05) is 6.07 Å². The van der Waals surface area contributed by atoms with Crippen LogP contribution < -0.4 is 10.5 Å². The van der Waals surface area contributed by atoms with Crippen LogP contribution in [0.2, 0.25) is 0 Å². The third-order valence-corrected chi connectivity index (χ3v) is 3.50.